The van der Waals surface area contributed by atoms with E-state index in [9.17, 15) is 10.3 Å². The molecule has 5 rings (SSSR count). The van der Waals surface area contributed by atoms with Crippen molar-refractivity contribution in [1.82, 2.24) is 10.9 Å². The van der Waals surface area contributed by atoms with Crippen LogP contribution in [0.5, 0.6) is 17.2 Å². The summed E-state index contributed by atoms with van der Waals surface area (Å²) in [5.74, 6) is 1.50. The summed E-state index contributed by atoms with van der Waals surface area (Å²) < 4.78 is 23.3. The molecule has 4 aromatic carbocycles. The number of hydrogen-bond acceptors (Lipinski definition) is 9. The highest BCUT2D eigenvalue weighted by molar-refractivity contribution is 6.01. The molecule has 4 aromatic rings. The molecule has 12 heteroatoms. The van der Waals surface area contributed by atoms with Gasteiger partial charge < -0.3 is 24.1 Å². The van der Waals surface area contributed by atoms with E-state index in [2.05, 4.69) is 20.9 Å². The van der Waals surface area contributed by atoms with Crippen LogP contribution in [0.1, 0.15) is 41.2 Å². The molecule has 3 N–H and O–H groups in total. The highest BCUT2D eigenvalue weighted by Crippen LogP contribution is 2.45. The first-order chi connectivity index (χ1) is 24.0. The van der Waals surface area contributed by atoms with E-state index in [-0.39, 0.29) is 25.5 Å². The first kappa shape index (κ1) is 34.5. The molecule has 0 saturated carbocycles. The number of amides is 1. The predicted octanol–water partition coefficient (Wildman–Crippen LogP) is 6.59. The zero-order chi connectivity index (χ0) is 34.5. The summed E-state index contributed by atoms with van der Waals surface area (Å²) in [4.78, 5) is 22.5. The van der Waals surface area contributed by atoms with Crippen LogP contribution >= 0.6 is 0 Å². The number of azide groups is 1. The van der Waals surface area contributed by atoms with Gasteiger partial charge in [0.25, 0.3) is 5.91 Å². The zero-order valence-electron chi connectivity index (χ0n) is 27.3. The summed E-state index contributed by atoms with van der Waals surface area (Å²) in [6.45, 7) is 0.626. The quantitative estimate of drug-likeness (QED) is 0.0401. The normalized spacial score (nSPS) is 16.7. The second-order valence-electron chi connectivity index (χ2n) is 11.0. The van der Waals surface area contributed by atoms with Crippen LogP contribution in [0.25, 0.3) is 16.5 Å². The third-order valence-corrected chi connectivity index (χ3v) is 7.91. The third kappa shape index (κ3) is 8.20. The Labute approximate surface area is 284 Å². The van der Waals surface area contributed by atoms with Crippen LogP contribution < -0.4 is 25.1 Å². The Morgan fingerprint density at radius 3 is 2.53 bits per heavy atom. The van der Waals surface area contributed by atoms with Crippen LogP contribution in [-0.4, -0.2) is 49.9 Å². The van der Waals surface area contributed by atoms with Crippen molar-refractivity contribution in [2.45, 2.75) is 31.0 Å². The van der Waals surface area contributed by atoms with E-state index in [0.29, 0.717) is 47.1 Å². The van der Waals surface area contributed by atoms with Gasteiger partial charge in [-0.15, -0.1) is 0 Å². The molecule has 49 heavy (non-hydrogen) atoms. The van der Waals surface area contributed by atoms with Crippen molar-refractivity contribution in [1.29, 1.82) is 0 Å². The van der Waals surface area contributed by atoms with E-state index in [4.69, 9.17) is 29.0 Å². The molecule has 0 aliphatic carbocycles. The summed E-state index contributed by atoms with van der Waals surface area (Å²) in [5, 5.41) is 13.0. The number of ether oxygens (including phenoxy) is 4. The van der Waals surface area contributed by atoms with Crippen molar-refractivity contribution >= 4 is 23.6 Å². The standard InChI is InChI=1S/C37H38N6O6/c1-46-32-17-8-14-28(33(32)47-2)25-39-42-36(45)37(22-9-13-26-11-4-3-5-12-26)34(30-15-6-7-16-31(30)41-43-38)49-35(40-37)27-18-20-29(21-19-27)48-24-10-23-44/h3-9,11-21,34,39,44H,10,22-25H2,1-2H3,(H,42,45)/b13-9+/t34-,37-/m0/s1. The molecular formula is C37H38N6O6. The van der Waals surface area contributed by atoms with Crippen LogP contribution in [0.2, 0.25) is 0 Å². The summed E-state index contributed by atoms with van der Waals surface area (Å²) in [6, 6.07) is 29.4. The van der Waals surface area contributed by atoms with Gasteiger partial charge in [0.1, 0.15) is 5.75 Å². The lowest BCUT2D eigenvalue weighted by Crippen LogP contribution is -2.52. The van der Waals surface area contributed by atoms with Crippen molar-refractivity contribution in [2.75, 3.05) is 27.4 Å². The lowest BCUT2D eigenvalue weighted by Gasteiger charge is -2.30. The number of rotatable bonds is 16. The Morgan fingerprint density at radius 1 is 1.02 bits per heavy atom. The smallest absolute Gasteiger partial charge is 0.266 e. The minimum atomic E-state index is -1.54. The fourth-order valence-electron chi connectivity index (χ4n) is 5.50. The highest BCUT2D eigenvalue weighted by Gasteiger charge is 2.53. The Hall–Kier alpha value is -5.81. The van der Waals surface area contributed by atoms with Crippen molar-refractivity contribution in [3.8, 4) is 17.2 Å². The van der Waals surface area contributed by atoms with E-state index >= 15 is 0 Å². The fraction of sp³-hybridized carbons (Fsp3) is 0.243. The van der Waals surface area contributed by atoms with E-state index in [1.165, 1.54) is 0 Å². The Kier molecular flexibility index (Phi) is 11.9. The molecular weight excluding hydrogens is 624 g/mol. The van der Waals surface area contributed by atoms with Gasteiger partial charge >= 0.3 is 0 Å². The number of hydrazine groups is 1. The van der Waals surface area contributed by atoms with Crippen LogP contribution in [0.3, 0.4) is 0 Å². The summed E-state index contributed by atoms with van der Waals surface area (Å²) in [6.07, 6.45) is 3.48. The molecule has 0 spiro atoms. The number of carbonyl (C=O) groups is 1. The number of aliphatic imine (C=N–C) groups is 1. The molecule has 0 bridgehead atoms. The largest absolute Gasteiger partial charge is 0.494 e. The summed E-state index contributed by atoms with van der Waals surface area (Å²) in [5.41, 5.74) is 16.9. The topological polar surface area (TPSA) is 159 Å². The van der Waals surface area contributed by atoms with Gasteiger partial charge in [-0.1, -0.05) is 84.0 Å². The van der Waals surface area contributed by atoms with Gasteiger partial charge in [0.2, 0.25) is 5.90 Å². The number of para-hydroxylation sites is 1. The molecule has 1 amide bonds. The molecule has 1 heterocycles. The average Bonchev–Trinajstić information content (AvgIpc) is 3.53. The number of nitrogens with one attached hydrogen (secondary N) is 2. The van der Waals surface area contributed by atoms with Crippen molar-refractivity contribution in [2.24, 2.45) is 10.1 Å². The van der Waals surface area contributed by atoms with Gasteiger partial charge in [0.05, 0.1) is 20.8 Å². The van der Waals surface area contributed by atoms with Gasteiger partial charge in [-0.25, -0.2) is 10.4 Å². The van der Waals surface area contributed by atoms with E-state index in [0.717, 1.165) is 11.1 Å². The molecule has 1 aliphatic heterocycles. The third-order valence-electron chi connectivity index (χ3n) is 7.91. The molecule has 0 saturated heterocycles. The zero-order valence-corrected chi connectivity index (χ0v) is 27.3. The minimum Gasteiger partial charge on any atom is -0.494 e. The van der Waals surface area contributed by atoms with Crippen LogP contribution in [0.15, 0.2) is 113 Å². The lowest BCUT2D eigenvalue weighted by molar-refractivity contribution is -0.129. The maximum absolute atomic E-state index is 14.5. The van der Waals surface area contributed by atoms with Crippen molar-refractivity contribution in [3.63, 3.8) is 0 Å². The number of methoxy groups -OCH3 is 2. The molecule has 1 aliphatic rings. The highest BCUT2D eigenvalue weighted by atomic mass is 16.5. The second-order valence-corrected chi connectivity index (χ2v) is 11.0. The van der Waals surface area contributed by atoms with Gasteiger partial charge in [-0.2, -0.15) is 0 Å². The van der Waals surface area contributed by atoms with Gasteiger partial charge in [0, 0.05) is 53.3 Å². The number of aliphatic hydroxyl groups excluding tert-OH is 1. The first-order valence-electron chi connectivity index (χ1n) is 15.7. The number of carbonyl (C=O) groups excluding carboxylic acids is 1. The maximum atomic E-state index is 14.5. The van der Waals surface area contributed by atoms with E-state index in [1.54, 1.807) is 68.8 Å². The molecule has 0 fully saturated rings. The SMILES string of the molecule is COc1cccc(CNNC(=O)[C@@]2(C/C=C/c3ccccc3)N=C(c3ccc(OCCCO)cc3)O[C@H]2c2ccccc2N=[N+]=[N-])c1OC. The van der Waals surface area contributed by atoms with Gasteiger partial charge in [-0.3, -0.25) is 10.2 Å². The molecule has 2 atom stereocenters. The van der Waals surface area contributed by atoms with E-state index in [1.807, 2.05) is 54.6 Å². The van der Waals surface area contributed by atoms with Crippen LogP contribution in [0.4, 0.5) is 5.69 Å². The average molecular weight is 663 g/mol. The molecule has 0 radical (unpaired) electrons. The number of aliphatic hydroxyl groups is 1. The molecule has 252 valence electrons. The minimum absolute atomic E-state index is 0.0340. The van der Waals surface area contributed by atoms with E-state index < -0.39 is 17.6 Å². The number of nitrogens with zero attached hydrogens (tertiary/aromatic N) is 4. The number of hydrogen-bond donors (Lipinski definition) is 3. The molecule has 0 aromatic heterocycles. The van der Waals surface area contributed by atoms with Gasteiger partial charge in [0.15, 0.2) is 23.1 Å². The first-order valence-corrected chi connectivity index (χ1v) is 15.7. The van der Waals surface area contributed by atoms with Crippen LogP contribution in [0, 0.1) is 0 Å². The van der Waals surface area contributed by atoms with Crippen LogP contribution in [-0.2, 0) is 16.1 Å². The molecule has 12 nitrogen and oxygen atoms in total. The predicted molar refractivity (Wildman–Crippen MR) is 187 cm³/mol. The fourth-order valence-corrected chi connectivity index (χ4v) is 5.50. The Bertz CT molecular complexity index is 1830. The molecule has 0 unspecified atom stereocenters. The summed E-state index contributed by atoms with van der Waals surface area (Å²) >= 11 is 0. The lowest BCUT2D eigenvalue weighted by atomic mass is 9.83. The monoisotopic (exact) mass is 662 g/mol. The summed E-state index contributed by atoms with van der Waals surface area (Å²) in [7, 11) is 3.12. The van der Waals surface area contributed by atoms with Crippen molar-refractivity contribution in [3.05, 3.63) is 136 Å². The number of benzene rings is 4. The van der Waals surface area contributed by atoms with Gasteiger partial charge in [-0.05, 0) is 41.4 Å². The Morgan fingerprint density at radius 2 is 1.80 bits per heavy atom. The van der Waals surface area contributed by atoms with Crippen molar-refractivity contribution < 1.29 is 28.8 Å². The second kappa shape index (κ2) is 16.8. The Balaban J connectivity index is 1.54. The maximum Gasteiger partial charge on any atom is 0.266 e.